The summed E-state index contributed by atoms with van der Waals surface area (Å²) in [5, 5.41) is 0. The molecule has 1 aliphatic heterocycles. The number of benzene rings is 1. The fraction of sp³-hybridized carbons (Fsp3) is 0.533. The minimum Gasteiger partial charge on any atom is -0.466 e. The van der Waals surface area contributed by atoms with E-state index >= 15 is 0 Å². The van der Waals surface area contributed by atoms with Crippen LogP contribution in [0, 0.1) is 0 Å². The molecule has 0 unspecified atom stereocenters. The van der Waals surface area contributed by atoms with Crippen LogP contribution in [0.25, 0.3) is 0 Å². The van der Waals surface area contributed by atoms with Crippen molar-refractivity contribution in [1.82, 2.24) is 4.90 Å². The Balaban J connectivity index is 2.10. The summed E-state index contributed by atoms with van der Waals surface area (Å²) in [6, 6.07) is 10.2. The molecular weight excluding hydrogens is 242 g/mol. The minimum atomic E-state index is -0.136. The van der Waals surface area contributed by atoms with E-state index in [2.05, 4.69) is 17.0 Å². The van der Waals surface area contributed by atoms with E-state index in [1.165, 1.54) is 0 Å². The van der Waals surface area contributed by atoms with Gasteiger partial charge in [-0.15, -0.1) is 0 Å². The van der Waals surface area contributed by atoms with Crippen LogP contribution in [0.15, 0.2) is 30.3 Å². The first-order valence-corrected chi connectivity index (χ1v) is 6.83. The molecule has 0 N–H and O–H groups in total. The molecule has 1 fully saturated rings. The molecule has 0 saturated carbocycles. The van der Waals surface area contributed by atoms with Crippen molar-refractivity contribution in [3.05, 3.63) is 35.9 Å². The Kier molecular flexibility index (Phi) is 5.36. The summed E-state index contributed by atoms with van der Waals surface area (Å²) < 4.78 is 10.5. The van der Waals surface area contributed by atoms with Gasteiger partial charge in [0.1, 0.15) is 0 Å². The van der Waals surface area contributed by atoms with Crippen molar-refractivity contribution in [1.29, 1.82) is 0 Å². The third kappa shape index (κ3) is 4.04. The van der Waals surface area contributed by atoms with Crippen molar-refractivity contribution >= 4 is 5.97 Å². The molecule has 0 amide bonds. The lowest BCUT2D eigenvalue weighted by Crippen LogP contribution is -2.40. The predicted octanol–water partition coefficient (Wildman–Crippen LogP) is 2.01. The zero-order valence-corrected chi connectivity index (χ0v) is 11.4. The highest BCUT2D eigenvalue weighted by atomic mass is 16.5. The van der Waals surface area contributed by atoms with Crippen LogP contribution >= 0.6 is 0 Å². The molecule has 1 aromatic rings. The second-order valence-corrected chi connectivity index (χ2v) is 4.58. The molecule has 0 radical (unpaired) electrons. The molecule has 104 valence electrons. The summed E-state index contributed by atoms with van der Waals surface area (Å²) in [7, 11) is 0. The molecule has 4 nitrogen and oxygen atoms in total. The molecule has 0 bridgehead atoms. The lowest BCUT2D eigenvalue weighted by Gasteiger charge is -2.34. The number of carbonyl (C=O) groups is 1. The van der Waals surface area contributed by atoms with Crippen LogP contribution in [-0.2, 0) is 14.3 Å². The van der Waals surface area contributed by atoms with Gasteiger partial charge in [0, 0.05) is 19.1 Å². The highest BCUT2D eigenvalue weighted by molar-refractivity contribution is 5.70. The fourth-order valence-electron chi connectivity index (χ4n) is 2.40. The van der Waals surface area contributed by atoms with Gasteiger partial charge in [-0.25, -0.2) is 0 Å². The third-order valence-electron chi connectivity index (χ3n) is 3.34. The van der Waals surface area contributed by atoms with Crippen LogP contribution in [0.5, 0.6) is 0 Å². The molecule has 1 heterocycles. The summed E-state index contributed by atoms with van der Waals surface area (Å²) in [6.07, 6.45) is 0.401. The van der Waals surface area contributed by atoms with E-state index in [1.807, 2.05) is 25.1 Å². The van der Waals surface area contributed by atoms with Gasteiger partial charge in [-0.05, 0) is 12.5 Å². The average Bonchev–Trinajstić information content (AvgIpc) is 2.47. The smallest absolute Gasteiger partial charge is 0.307 e. The number of morpholine rings is 1. The number of hydrogen-bond donors (Lipinski definition) is 0. The van der Waals surface area contributed by atoms with Gasteiger partial charge in [0.2, 0.25) is 0 Å². The molecule has 1 saturated heterocycles. The Bertz CT molecular complexity index is 388. The molecule has 1 aliphatic rings. The van der Waals surface area contributed by atoms with Gasteiger partial charge in [0.25, 0.3) is 0 Å². The lowest BCUT2D eigenvalue weighted by molar-refractivity contribution is -0.145. The van der Waals surface area contributed by atoms with Crippen LogP contribution in [0.2, 0.25) is 0 Å². The quantitative estimate of drug-likeness (QED) is 0.762. The fourth-order valence-corrected chi connectivity index (χ4v) is 2.40. The molecular formula is C15H21NO3. The predicted molar refractivity (Wildman–Crippen MR) is 72.8 cm³/mol. The van der Waals surface area contributed by atoms with Crippen LogP contribution in [-0.4, -0.2) is 43.8 Å². The first kappa shape index (κ1) is 14.0. The van der Waals surface area contributed by atoms with Gasteiger partial charge in [-0.3, -0.25) is 9.69 Å². The Hall–Kier alpha value is -1.39. The van der Waals surface area contributed by atoms with Crippen molar-refractivity contribution < 1.29 is 14.3 Å². The molecule has 2 rings (SSSR count). The van der Waals surface area contributed by atoms with E-state index in [-0.39, 0.29) is 12.0 Å². The van der Waals surface area contributed by atoms with Crippen LogP contribution in [0.1, 0.15) is 24.9 Å². The summed E-state index contributed by atoms with van der Waals surface area (Å²) in [6.45, 7) is 5.45. The lowest BCUT2D eigenvalue weighted by atomic mass is 10.0. The van der Waals surface area contributed by atoms with Crippen molar-refractivity contribution in [3.8, 4) is 0 Å². The number of rotatable bonds is 5. The van der Waals surface area contributed by atoms with E-state index in [1.54, 1.807) is 0 Å². The van der Waals surface area contributed by atoms with Crippen LogP contribution in [0.4, 0.5) is 0 Å². The molecule has 1 atom stereocenters. The van der Waals surface area contributed by atoms with E-state index in [9.17, 15) is 4.79 Å². The van der Waals surface area contributed by atoms with Gasteiger partial charge in [-0.1, -0.05) is 30.3 Å². The second-order valence-electron chi connectivity index (χ2n) is 4.58. The number of hydrogen-bond acceptors (Lipinski definition) is 4. The number of ether oxygens (including phenoxy) is 2. The van der Waals surface area contributed by atoms with Gasteiger partial charge in [-0.2, -0.15) is 0 Å². The summed E-state index contributed by atoms with van der Waals surface area (Å²) in [4.78, 5) is 14.1. The highest BCUT2D eigenvalue weighted by Crippen LogP contribution is 2.25. The van der Waals surface area contributed by atoms with Gasteiger partial charge in [0.05, 0.1) is 26.2 Å². The first-order chi connectivity index (χ1) is 9.31. The maximum Gasteiger partial charge on any atom is 0.307 e. The Morgan fingerprint density at radius 2 is 2.00 bits per heavy atom. The zero-order valence-electron chi connectivity index (χ0n) is 11.4. The van der Waals surface area contributed by atoms with Crippen molar-refractivity contribution in [2.24, 2.45) is 0 Å². The van der Waals surface area contributed by atoms with Crippen molar-refractivity contribution in [2.45, 2.75) is 19.4 Å². The number of nitrogens with zero attached hydrogens (tertiary/aromatic N) is 1. The molecule has 19 heavy (non-hydrogen) atoms. The maximum absolute atomic E-state index is 11.8. The first-order valence-electron chi connectivity index (χ1n) is 6.83. The SMILES string of the molecule is CCOC(=O)C[C@@H](c1ccccc1)N1CCOCC1. The molecule has 1 aromatic carbocycles. The Labute approximate surface area is 114 Å². The van der Waals surface area contributed by atoms with Crippen molar-refractivity contribution in [2.75, 3.05) is 32.9 Å². The van der Waals surface area contributed by atoms with Crippen molar-refractivity contribution in [3.63, 3.8) is 0 Å². The van der Waals surface area contributed by atoms with Crippen LogP contribution in [0.3, 0.4) is 0 Å². The standard InChI is InChI=1S/C15H21NO3/c1-2-19-15(17)12-14(13-6-4-3-5-7-13)16-8-10-18-11-9-16/h3-7,14H,2,8-12H2,1H3/t14-/m0/s1. The Morgan fingerprint density at radius 3 is 2.63 bits per heavy atom. The maximum atomic E-state index is 11.8. The minimum absolute atomic E-state index is 0.0872. The van der Waals surface area contributed by atoms with E-state index < -0.39 is 0 Å². The van der Waals surface area contributed by atoms with Gasteiger partial charge < -0.3 is 9.47 Å². The largest absolute Gasteiger partial charge is 0.466 e. The number of carbonyl (C=O) groups excluding carboxylic acids is 1. The normalized spacial score (nSPS) is 17.9. The molecule has 0 aliphatic carbocycles. The van der Waals surface area contributed by atoms with E-state index in [4.69, 9.17) is 9.47 Å². The topological polar surface area (TPSA) is 38.8 Å². The summed E-state index contributed by atoms with van der Waals surface area (Å²) >= 11 is 0. The zero-order chi connectivity index (χ0) is 13.5. The number of esters is 1. The van der Waals surface area contributed by atoms with Gasteiger partial charge in [0.15, 0.2) is 0 Å². The average molecular weight is 263 g/mol. The Morgan fingerprint density at radius 1 is 1.32 bits per heavy atom. The molecule has 0 spiro atoms. The molecule has 4 heteroatoms. The molecule has 0 aromatic heterocycles. The summed E-state index contributed by atoms with van der Waals surface area (Å²) in [5.74, 6) is -0.136. The van der Waals surface area contributed by atoms with E-state index in [0.717, 1.165) is 31.9 Å². The highest BCUT2D eigenvalue weighted by Gasteiger charge is 2.25. The third-order valence-corrected chi connectivity index (χ3v) is 3.34. The van der Waals surface area contributed by atoms with Crippen LogP contribution < -0.4 is 0 Å². The monoisotopic (exact) mass is 263 g/mol. The second kappa shape index (κ2) is 7.26. The summed E-state index contributed by atoms with van der Waals surface area (Å²) in [5.41, 5.74) is 1.16. The van der Waals surface area contributed by atoms with Gasteiger partial charge >= 0.3 is 5.97 Å². The van der Waals surface area contributed by atoms with E-state index in [0.29, 0.717) is 13.0 Å².